The van der Waals surface area contributed by atoms with E-state index in [1.807, 2.05) is 29.2 Å². The summed E-state index contributed by atoms with van der Waals surface area (Å²) in [5, 5.41) is 0. The predicted octanol–water partition coefficient (Wildman–Crippen LogP) is 3.23. The lowest BCUT2D eigenvalue weighted by atomic mass is 10.1. The van der Waals surface area contributed by atoms with Crippen molar-refractivity contribution in [1.29, 1.82) is 0 Å². The molecule has 0 atom stereocenters. The fourth-order valence-corrected chi connectivity index (χ4v) is 6.04. The van der Waals surface area contributed by atoms with Crippen molar-refractivity contribution < 1.29 is 22.7 Å². The Bertz CT molecular complexity index is 1090. The summed E-state index contributed by atoms with van der Waals surface area (Å²) in [6, 6.07) is 12.4. The minimum Gasteiger partial charge on any atom is -0.497 e. The molecule has 4 rings (SSSR count). The smallest absolute Gasteiger partial charge is 0.257 e. The minimum atomic E-state index is -3.74. The summed E-state index contributed by atoms with van der Waals surface area (Å²) >= 11 is 0. The zero-order valence-electron chi connectivity index (χ0n) is 19.9. The van der Waals surface area contributed by atoms with Gasteiger partial charge in [-0.2, -0.15) is 4.31 Å². The van der Waals surface area contributed by atoms with Crippen LogP contribution in [-0.4, -0.2) is 77.0 Å². The molecule has 2 aliphatic heterocycles. The highest BCUT2D eigenvalue weighted by Gasteiger charge is 2.30. The first-order chi connectivity index (χ1) is 16.4. The minimum absolute atomic E-state index is 0.129. The quantitative estimate of drug-likeness (QED) is 0.623. The fourth-order valence-electron chi connectivity index (χ4n) is 4.59. The van der Waals surface area contributed by atoms with Crippen LogP contribution in [0.15, 0.2) is 47.4 Å². The summed E-state index contributed by atoms with van der Waals surface area (Å²) < 4.78 is 39.0. The van der Waals surface area contributed by atoms with Gasteiger partial charge in [-0.05, 0) is 55.3 Å². The van der Waals surface area contributed by atoms with Crippen LogP contribution in [0.2, 0.25) is 0 Å². The Kier molecular flexibility index (Phi) is 7.63. The molecule has 184 valence electrons. The van der Waals surface area contributed by atoms with E-state index >= 15 is 0 Å². The molecule has 2 aromatic rings. The van der Waals surface area contributed by atoms with Crippen LogP contribution in [-0.2, 0) is 10.0 Å². The molecule has 0 unspecified atom stereocenters. The predicted molar refractivity (Wildman–Crippen MR) is 131 cm³/mol. The lowest BCUT2D eigenvalue weighted by Gasteiger charge is -2.35. The van der Waals surface area contributed by atoms with Crippen LogP contribution in [0.1, 0.15) is 36.0 Å². The van der Waals surface area contributed by atoms with Gasteiger partial charge in [0.2, 0.25) is 10.0 Å². The number of carbonyl (C=O) groups excluding carboxylic acids is 1. The van der Waals surface area contributed by atoms with Crippen LogP contribution in [0.4, 0.5) is 5.69 Å². The number of rotatable bonds is 6. The van der Waals surface area contributed by atoms with Gasteiger partial charge in [0.05, 0.1) is 24.7 Å². The van der Waals surface area contributed by atoms with Crippen LogP contribution >= 0.6 is 0 Å². The van der Waals surface area contributed by atoms with Gasteiger partial charge in [0.15, 0.2) is 0 Å². The largest absolute Gasteiger partial charge is 0.497 e. The molecule has 8 nitrogen and oxygen atoms in total. The van der Waals surface area contributed by atoms with E-state index in [-0.39, 0.29) is 10.8 Å². The molecule has 0 radical (unpaired) electrons. The Morgan fingerprint density at radius 2 is 1.44 bits per heavy atom. The third-order valence-corrected chi connectivity index (χ3v) is 8.50. The standard InChI is InChI=1S/C25H33N3O5S/c1-32-21-9-7-20(8-10-21)26-15-17-28(18-16-26)34(30,31)22-11-12-24(33-2)23(19-22)25(29)27-13-5-3-4-6-14-27/h7-12,19H,3-6,13-18H2,1-2H3. The SMILES string of the molecule is COc1ccc(N2CCN(S(=O)(=O)c3ccc(OC)c(C(=O)N4CCCCCC4)c3)CC2)cc1. The summed E-state index contributed by atoms with van der Waals surface area (Å²) in [6.07, 6.45) is 4.14. The van der Waals surface area contributed by atoms with E-state index in [1.54, 1.807) is 13.2 Å². The van der Waals surface area contributed by atoms with Crippen molar-refractivity contribution in [2.45, 2.75) is 30.6 Å². The maximum absolute atomic E-state index is 13.4. The molecule has 0 bridgehead atoms. The number of likely N-dealkylation sites (tertiary alicyclic amines) is 1. The lowest BCUT2D eigenvalue weighted by Crippen LogP contribution is -2.48. The molecule has 2 aromatic carbocycles. The van der Waals surface area contributed by atoms with Gasteiger partial charge in [0.1, 0.15) is 11.5 Å². The number of anilines is 1. The Balaban J connectivity index is 1.50. The molecule has 2 fully saturated rings. The number of piperazine rings is 1. The van der Waals surface area contributed by atoms with Crippen molar-refractivity contribution in [3.05, 3.63) is 48.0 Å². The van der Waals surface area contributed by atoms with Gasteiger partial charge in [0.25, 0.3) is 5.91 Å². The molecule has 9 heteroatoms. The van der Waals surface area contributed by atoms with Gasteiger partial charge in [-0.15, -0.1) is 0 Å². The number of carbonyl (C=O) groups is 1. The molecule has 1 amide bonds. The third-order valence-electron chi connectivity index (χ3n) is 6.61. The summed E-state index contributed by atoms with van der Waals surface area (Å²) in [4.78, 5) is 17.4. The van der Waals surface area contributed by atoms with E-state index in [4.69, 9.17) is 9.47 Å². The number of ether oxygens (including phenoxy) is 2. The highest BCUT2D eigenvalue weighted by molar-refractivity contribution is 7.89. The molecule has 2 aliphatic rings. The Labute approximate surface area is 202 Å². The summed E-state index contributed by atoms with van der Waals surface area (Å²) in [6.45, 7) is 3.28. The molecular weight excluding hydrogens is 454 g/mol. The van der Waals surface area contributed by atoms with E-state index < -0.39 is 10.0 Å². The van der Waals surface area contributed by atoms with Crippen molar-refractivity contribution >= 4 is 21.6 Å². The second-order valence-corrected chi connectivity index (χ2v) is 10.6. The number of amides is 1. The number of nitrogens with zero attached hydrogens (tertiary/aromatic N) is 3. The average Bonchev–Trinajstić information content (AvgIpc) is 3.18. The van der Waals surface area contributed by atoms with E-state index in [0.717, 1.165) is 37.1 Å². The van der Waals surface area contributed by atoms with Gasteiger partial charge in [-0.1, -0.05) is 12.8 Å². The van der Waals surface area contributed by atoms with Crippen molar-refractivity contribution in [2.75, 3.05) is 58.4 Å². The second-order valence-electron chi connectivity index (χ2n) is 8.66. The number of methoxy groups -OCH3 is 2. The van der Waals surface area contributed by atoms with Crippen LogP contribution in [0.5, 0.6) is 11.5 Å². The van der Waals surface area contributed by atoms with Crippen LogP contribution in [0, 0.1) is 0 Å². The van der Waals surface area contributed by atoms with Crippen LogP contribution in [0.25, 0.3) is 0 Å². The van der Waals surface area contributed by atoms with Gasteiger partial charge < -0.3 is 19.3 Å². The zero-order valence-corrected chi connectivity index (χ0v) is 20.7. The molecule has 34 heavy (non-hydrogen) atoms. The maximum atomic E-state index is 13.4. The monoisotopic (exact) mass is 487 g/mol. The summed E-state index contributed by atoms with van der Waals surface area (Å²) in [7, 11) is -0.606. The van der Waals surface area contributed by atoms with Crippen LogP contribution < -0.4 is 14.4 Å². The third kappa shape index (κ3) is 5.15. The second kappa shape index (κ2) is 10.7. The van der Waals surface area contributed by atoms with E-state index in [9.17, 15) is 13.2 Å². The van der Waals surface area contributed by atoms with Crippen molar-refractivity contribution in [3.63, 3.8) is 0 Å². The Morgan fingerprint density at radius 1 is 0.794 bits per heavy atom. The summed E-state index contributed by atoms with van der Waals surface area (Å²) in [5.74, 6) is 1.02. The lowest BCUT2D eigenvalue weighted by molar-refractivity contribution is 0.0758. The normalized spacial score (nSPS) is 17.8. The maximum Gasteiger partial charge on any atom is 0.257 e. The number of hydrogen-bond donors (Lipinski definition) is 0. The molecule has 2 heterocycles. The molecule has 2 saturated heterocycles. The number of benzene rings is 2. The molecule has 0 aromatic heterocycles. The molecule has 0 aliphatic carbocycles. The highest BCUT2D eigenvalue weighted by Crippen LogP contribution is 2.28. The van der Waals surface area contributed by atoms with Gasteiger partial charge in [0, 0.05) is 45.0 Å². The topological polar surface area (TPSA) is 79.4 Å². The first-order valence-electron chi connectivity index (χ1n) is 11.8. The van der Waals surface area contributed by atoms with Crippen LogP contribution in [0.3, 0.4) is 0 Å². The van der Waals surface area contributed by atoms with Gasteiger partial charge in [-0.3, -0.25) is 4.79 Å². The highest BCUT2D eigenvalue weighted by atomic mass is 32.2. The van der Waals surface area contributed by atoms with Gasteiger partial charge >= 0.3 is 0 Å². The first kappa shape index (κ1) is 24.3. The van der Waals surface area contributed by atoms with E-state index in [2.05, 4.69) is 4.90 Å². The molecule has 0 N–H and O–H groups in total. The number of hydrogen-bond acceptors (Lipinski definition) is 6. The summed E-state index contributed by atoms with van der Waals surface area (Å²) in [5.41, 5.74) is 1.34. The fraction of sp³-hybridized carbons (Fsp3) is 0.480. The average molecular weight is 488 g/mol. The van der Waals surface area contributed by atoms with E-state index in [0.29, 0.717) is 50.6 Å². The van der Waals surface area contributed by atoms with Crippen molar-refractivity contribution in [2.24, 2.45) is 0 Å². The number of sulfonamides is 1. The molecular formula is C25H33N3O5S. The van der Waals surface area contributed by atoms with Crippen molar-refractivity contribution in [3.8, 4) is 11.5 Å². The zero-order chi connectivity index (χ0) is 24.1. The van der Waals surface area contributed by atoms with Gasteiger partial charge in [-0.25, -0.2) is 8.42 Å². The van der Waals surface area contributed by atoms with Crippen molar-refractivity contribution in [1.82, 2.24) is 9.21 Å². The Morgan fingerprint density at radius 3 is 2.03 bits per heavy atom. The Hall–Kier alpha value is -2.78. The molecule has 0 spiro atoms. The molecule has 0 saturated carbocycles. The van der Waals surface area contributed by atoms with E-state index in [1.165, 1.54) is 23.5 Å². The first-order valence-corrected chi connectivity index (χ1v) is 13.2.